The first-order chi connectivity index (χ1) is 34.0. The first-order valence-electron chi connectivity index (χ1n) is 26.8. The Kier molecular flexibility index (Phi) is 23.3. The summed E-state index contributed by atoms with van der Waals surface area (Å²) in [5, 5.41) is 44.0. The van der Waals surface area contributed by atoms with Crippen LogP contribution in [0.25, 0.3) is 0 Å². The number of amides is 1. The van der Waals surface area contributed by atoms with Gasteiger partial charge in [-0.2, -0.15) is 0 Å². The molecule has 0 aromatic rings. The fraction of sp³-hybridized carbons (Fsp3) is 0.754. The first kappa shape index (κ1) is 60.7. The van der Waals surface area contributed by atoms with E-state index >= 15 is 0 Å². The number of aliphatic hydroxyl groups excluding tert-OH is 3. The maximum absolute atomic E-state index is 14.5. The van der Waals surface area contributed by atoms with Crippen LogP contribution in [0.1, 0.15) is 159 Å². The molecule has 72 heavy (non-hydrogen) atoms. The standard InChI is InChI=1S/C57H89NO14/c1-12-56(10,33-60)55(67)70-44-25-22-42(23-26-44)29-36(4)48-31-47(61)40(8)39(7)41(9)50(63)51(69-11)49(62)37(5)28-34(2)18-14-13-15-19-35(3)43(32-59)30-45-24-21-38(6)57(68,72-45)52(64)53(65)58-27-17-16-20-46(58)54(66)71-48/h13-15,18-19,34,36-38,40,42-46,48,50-51,59-60,63,68H,12,16-17,20-33H2,1-11H3/b15-13+,18-14+,35-19+,41-39+/t34-,36?,37?,38-,40-,42?,43-,44?,45?,46?,48?,50-,51+,56?,57-/m1/s1. The average molecular weight is 1010 g/mol. The molecular weight excluding hydrogens is 923 g/mol. The summed E-state index contributed by atoms with van der Waals surface area (Å²) in [5.74, 6) is -8.99. The lowest BCUT2D eigenvalue weighted by molar-refractivity contribution is -0.265. The van der Waals surface area contributed by atoms with Crippen molar-refractivity contribution in [2.24, 2.45) is 46.8 Å². The van der Waals surface area contributed by atoms with Gasteiger partial charge in [-0.3, -0.25) is 24.0 Å². The van der Waals surface area contributed by atoms with Gasteiger partial charge in [0.25, 0.3) is 11.7 Å². The summed E-state index contributed by atoms with van der Waals surface area (Å²) in [6.07, 6.45) is 11.3. The van der Waals surface area contributed by atoms with Gasteiger partial charge < -0.3 is 44.3 Å². The first-order valence-corrected chi connectivity index (χ1v) is 26.8. The number of nitrogens with zero attached hydrogens (tertiary/aromatic N) is 1. The molecule has 2 bridgehead atoms. The lowest BCUT2D eigenvalue weighted by atomic mass is 9.79. The van der Waals surface area contributed by atoms with Crippen LogP contribution in [0.3, 0.4) is 0 Å². The molecule has 0 aromatic heterocycles. The summed E-state index contributed by atoms with van der Waals surface area (Å²) in [5.41, 5.74) is 0.831. The molecular formula is C57H89NO14. The molecule has 6 unspecified atom stereocenters. The molecule has 1 amide bonds. The molecule has 3 fully saturated rings. The maximum atomic E-state index is 14.5. The number of piperidine rings is 1. The van der Waals surface area contributed by atoms with E-state index in [1.165, 1.54) is 12.0 Å². The van der Waals surface area contributed by atoms with Gasteiger partial charge in [0.15, 0.2) is 5.78 Å². The Morgan fingerprint density at radius 2 is 1.60 bits per heavy atom. The van der Waals surface area contributed by atoms with Crippen molar-refractivity contribution >= 4 is 35.2 Å². The van der Waals surface area contributed by atoms with Crippen LogP contribution in [0.5, 0.6) is 0 Å². The molecule has 0 radical (unpaired) electrons. The number of hydrogen-bond acceptors (Lipinski definition) is 14. The van der Waals surface area contributed by atoms with Gasteiger partial charge in [-0.05, 0) is 134 Å². The van der Waals surface area contributed by atoms with Crippen LogP contribution in [0, 0.1) is 46.8 Å². The number of ether oxygens (including phenoxy) is 4. The number of esters is 2. The molecule has 4 aliphatic rings. The number of aliphatic hydroxyl groups is 4. The molecule has 4 rings (SSSR count). The predicted octanol–water partition coefficient (Wildman–Crippen LogP) is 7.50. The van der Waals surface area contributed by atoms with Gasteiger partial charge in [-0.1, -0.05) is 83.1 Å². The zero-order valence-electron chi connectivity index (χ0n) is 45.2. The van der Waals surface area contributed by atoms with E-state index in [0.717, 1.165) is 5.57 Å². The number of carbonyl (C=O) groups excluding carboxylic acids is 6. The number of allylic oxidation sites excluding steroid dienone is 6. The normalized spacial score (nSPS) is 37.8. The quantitative estimate of drug-likeness (QED) is 0.0998. The smallest absolute Gasteiger partial charge is 0.329 e. The number of fused-ring (bicyclic) bond motifs is 3. The van der Waals surface area contributed by atoms with Crippen LogP contribution in [-0.2, 0) is 47.7 Å². The summed E-state index contributed by atoms with van der Waals surface area (Å²) >= 11 is 0. The topological polar surface area (TPSA) is 223 Å². The van der Waals surface area contributed by atoms with E-state index in [9.17, 15) is 49.2 Å². The zero-order valence-corrected chi connectivity index (χ0v) is 45.2. The third-order valence-corrected chi connectivity index (χ3v) is 16.9. The highest BCUT2D eigenvalue weighted by Gasteiger charge is 2.53. The Hall–Kier alpha value is -3.86. The van der Waals surface area contributed by atoms with Gasteiger partial charge in [-0.25, -0.2) is 4.79 Å². The van der Waals surface area contributed by atoms with Crippen molar-refractivity contribution in [2.45, 2.75) is 201 Å². The molecule has 2 saturated heterocycles. The third-order valence-electron chi connectivity index (χ3n) is 16.9. The minimum Gasteiger partial charge on any atom is -0.462 e. The molecule has 3 aliphatic heterocycles. The summed E-state index contributed by atoms with van der Waals surface area (Å²) in [7, 11) is 1.38. The number of ketones is 3. The van der Waals surface area contributed by atoms with Gasteiger partial charge in [0.05, 0.1) is 18.1 Å². The van der Waals surface area contributed by atoms with Gasteiger partial charge in [-0.15, -0.1) is 0 Å². The monoisotopic (exact) mass is 1010 g/mol. The lowest BCUT2D eigenvalue weighted by Crippen LogP contribution is -2.60. The molecule has 0 spiro atoms. The van der Waals surface area contributed by atoms with Crippen molar-refractivity contribution in [3.8, 4) is 0 Å². The molecule has 15 nitrogen and oxygen atoms in total. The van der Waals surface area contributed by atoms with Crippen LogP contribution in [0.15, 0.2) is 47.1 Å². The highest BCUT2D eigenvalue weighted by molar-refractivity contribution is 6.39. The molecule has 1 saturated carbocycles. The fourth-order valence-electron chi connectivity index (χ4n) is 10.8. The Morgan fingerprint density at radius 1 is 0.917 bits per heavy atom. The minimum absolute atomic E-state index is 0.00978. The summed E-state index contributed by atoms with van der Waals surface area (Å²) in [6, 6.07) is -1.17. The number of hydrogen-bond donors (Lipinski definition) is 4. The molecule has 3 heterocycles. The number of Topliss-reactive ketones (excluding diaryl/α,β-unsaturated/α-hetero) is 3. The summed E-state index contributed by atoms with van der Waals surface area (Å²) in [6.45, 7) is 17.4. The Morgan fingerprint density at radius 3 is 2.22 bits per heavy atom. The molecule has 13 atom stereocenters. The van der Waals surface area contributed by atoms with E-state index in [2.05, 4.69) is 0 Å². The highest BCUT2D eigenvalue weighted by atomic mass is 16.6. The Balaban J connectivity index is 1.69. The molecule has 15 heteroatoms. The molecule has 406 valence electrons. The number of carbonyl (C=O) groups is 6. The third kappa shape index (κ3) is 15.4. The minimum atomic E-state index is -2.47. The highest BCUT2D eigenvalue weighted by Crippen LogP contribution is 2.39. The van der Waals surface area contributed by atoms with Crippen LogP contribution in [0.4, 0.5) is 0 Å². The van der Waals surface area contributed by atoms with E-state index in [1.807, 2.05) is 58.1 Å². The van der Waals surface area contributed by atoms with E-state index in [0.29, 0.717) is 81.8 Å². The van der Waals surface area contributed by atoms with Crippen LogP contribution in [0.2, 0.25) is 0 Å². The second kappa shape index (κ2) is 27.6. The van der Waals surface area contributed by atoms with Crippen LogP contribution < -0.4 is 0 Å². The van der Waals surface area contributed by atoms with Gasteiger partial charge in [0.2, 0.25) is 5.79 Å². The van der Waals surface area contributed by atoms with Crippen molar-refractivity contribution in [1.82, 2.24) is 4.90 Å². The molecule has 1 aliphatic carbocycles. The van der Waals surface area contributed by atoms with Crippen molar-refractivity contribution in [3.05, 3.63) is 47.1 Å². The number of cyclic esters (lactones) is 1. The lowest BCUT2D eigenvalue weighted by Gasteiger charge is -2.42. The van der Waals surface area contributed by atoms with Gasteiger partial charge in [0.1, 0.15) is 36.2 Å². The van der Waals surface area contributed by atoms with Crippen LogP contribution >= 0.6 is 0 Å². The fourth-order valence-corrected chi connectivity index (χ4v) is 10.8. The second-order valence-corrected chi connectivity index (χ2v) is 22.2. The number of methoxy groups -OCH3 is 1. The van der Waals surface area contributed by atoms with E-state index in [4.69, 9.17) is 18.9 Å². The molecule has 4 N–H and O–H groups in total. The van der Waals surface area contributed by atoms with E-state index in [1.54, 1.807) is 41.5 Å². The van der Waals surface area contributed by atoms with E-state index in [-0.39, 0.29) is 80.4 Å². The Labute approximate surface area is 429 Å². The van der Waals surface area contributed by atoms with E-state index < -0.39 is 83.0 Å². The predicted molar refractivity (Wildman–Crippen MR) is 273 cm³/mol. The second-order valence-electron chi connectivity index (χ2n) is 22.2. The molecule has 0 aromatic carbocycles. The summed E-state index contributed by atoms with van der Waals surface area (Å²) in [4.78, 5) is 85.6. The largest absolute Gasteiger partial charge is 0.462 e. The van der Waals surface area contributed by atoms with Gasteiger partial charge in [0, 0.05) is 50.4 Å². The Bertz CT molecular complexity index is 1990. The van der Waals surface area contributed by atoms with Crippen molar-refractivity contribution in [1.29, 1.82) is 0 Å². The van der Waals surface area contributed by atoms with Crippen molar-refractivity contribution in [2.75, 3.05) is 26.9 Å². The maximum Gasteiger partial charge on any atom is 0.329 e. The van der Waals surface area contributed by atoms with Crippen LogP contribution in [-0.4, -0.2) is 130 Å². The average Bonchev–Trinajstić information content (AvgIpc) is 3.37. The van der Waals surface area contributed by atoms with Crippen molar-refractivity contribution < 1.29 is 68.1 Å². The van der Waals surface area contributed by atoms with Crippen molar-refractivity contribution in [3.63, 3.8) is 0 Å². The van der Waals surface area contributed by atoms with Gasteiger partial charge >= 0.3 is 11.9 Å². The number of rotatable bonds is 9. The SMILES string of the molecule is CCC(C)(CO)C(=O)OC1CCC(CC(C)C2CC(=O)[C@H](C)/C(C)=C(\C)[C@@H](O)[C@@H](OC)C(=O)C(C)C[C@H](C)/C=C/C=C/C=C(\C)[C@@H](CO)CC3CC[C@@H](C)[C@@](O)(O3)C(=O)C(=O)N3CCCCC3C(=O)O2)CC1. The summed E-state index contributed by atoms with van der Waals surface area (Å²) < 4.78 is 24.0. The zero-order chi connectivity index (χ0) is 53.7.